The van der Waals surface area contributed by atoms with Crippen LogP contribution in [-0.2, 0) is 16.1 Å². The molecule has 8 nitrogen and oxygen atoms in total. The van der Waals surface area contributed by atoms with E-state index >= 15 is 0 Å². The number of ether oxygens (including phenoxy) is 1. The second-order valence-corrected chi connectivity index (χ2v) is 8.23. The van der Waals surface area contributed by atoms with Crippen LogP contribution in [0.4, 0.5) is 16.0 Å². The van der Waals surface area contributed by atoms with Gasteiger partial charge in [0.05, 0.1) is 11.1 Å². The smallest absolute Gasteiger partial charge is 0.340 e. The third kappa shape index (κ3) is 5.23. The van der Waals surface area contributed by atoms with Gasteiger partial charge in [-0.15, -0.1) is 0 Å². The number of benzene rings is 1. The Labute approximate surface area is 196 Å². The number of hydrogen-bond donors (Lipinski definition) is 2. The number of nitrogens with one attached hydrogen (secondary N) is 2. The van der Waals surface area contributed by atoms with Gasteiger partial charge in [0.1, 0.15) is 23.5 Å². The maximum atomic E-state index is 13.3. The van der Waals surface area contributed by atoms with Crippen molar-refractivity contribution >= 4 is 23.5 Å². The average Bonchev–Trinajstić information content (AvgIpc) is 3.62. The van der Waals surface area contributed by atoms with Crippen molar-refractivity contribution in [1.82, 2.24) is 9.55 Å². The van der Waals surface area contributed by atoms with Crippen molar-refractivity contribution in [3.05, 3.63) is 76.4 Å². The zero-order valence-corrected chi connectivity index (χ0v) is 18.9. The highest BCUT2D eigenvalue weighted by Crippen LogP contribution is 2.27. The van der Waals surface area contributed by atoms with Crippen molar-refractivity contribution in [3.8, 4) is 6.07 Å². The Kier molecular flexibility index (Phi) is 6.59. The molecule has 0 unspecified atom stereocenters. The molecule has 1 aromatic carbocycles. The topological polar surface area (TPSA) is 109 Å². The van der Waals surface area contributed by atoms with Crippen LogP contribution < -0.4 is 10.6 Å². The van der Waals surface area contributed by atoms with Gasteiger partial charge in [-0.1, -0.05) is 12.1 Å². The lowest BCUT2D eigenvalue weighted by atomic mass is 10.2. The molecule has 2 N–H and O–H groups in total. The number of carbonyl (C=O) groups is 2. The Morgan fingerprint density at radius 1 is 1.21 bits per heavy atom. The number of carbonyl (C=O) groups excluding carboxylic acids is 2. The molecule has 2 aromatic heterocycles. The summed E-state index contributed by atoms with van der Waals surface area (Å²) in [6.07, 6.45) is 3.63. The van der Waals surface area contributed by atoms with Crippen LogP contribution in [0.2, 0.25) is 0 Å². The summed E-state index contributed by atoms with van der Waals surface area (Å²) in [5.41, 5.74) is 2.88. The monoisotopic (exact) mass is 461 g/mol. The lowest BCUT2D eigenvalue weighted by molar-refractivity contribution is -0.119. The minimum atomic E-state index is -0.671. The summed E-state index contributed by atoms with van der Waals surface area (Å²) in [7, 11) is 0. The van der Waals surface area contributed by atoms with Gasteiger partial charge in [-0.25, -0.2) is 14.2 Å². The molecule has 1 fully saturated rings. The average molecular weight is 461 g/mol. The number of nitrogens with zero attached hydrogens (tertiary/aromatic N) is 3. The van der Waals surface area contributed by atoms with E-state index in [1.54, 1.807) is 35.8 Å². The molecule has 0 atom stereocenters. The van der Waals surface area contributed by atoms with Crippen molar-refractivity contribution in [3.63, 3.8) is 0 Å². The predicted molar refractivity (Wildman–Crippen MR) is 124 cm³/mol. The lowest BCUT2D eigenvalue weighted by Crippen LogP contribution is -2.23. The minimum Gasteiger partial charge on any atom is -0.452 e. The minimum absolute atomic E-state index is 0.234. The highest BCUT2D eigenvalue weighted by atomic mass is 19.1. The van der Waals surface area contributed by atoms with E-state index < -0.39 is 18.5 Å². The largest absolute Gasteiger partial charge is 0.452 e. The predicted octanol–water partition coefficient (Wildman–Crippen LogP) is 3.93. The third-order valence-corrected chi connectivity index (χ3v) is 5.72. The molecule has 0 bridgehead atoms. The Morgan fingerprint density at radius 2 is 1.94 bits per heavy atom. The first kappa shape index (κ1) is 23.0. The molecule has 34 heavy (non-hydrogen) atoms. The van der Waals surface area contributed by atoms with Gasteiger partial charge in [-0.05, 0) is 62.1 Å². The van der Waals surface area contributed by atoms with Crippen LogP contribution in [0.15, 0.2) is 42.6 Å². The van der Waals surface area contributed by atoms with E-state index in [0.29, 0.717) is 29.8 Å². The first-order valence-electron chi connectivity index (χ1n) is 10.9. The van der Waals surface area contributed by atoms with Crippen LogP contribution in [-0.4, -0.2) is 34.1 Å². The number of anilines is 2. The third-order valence-electron chi connectivity index (χ3n) is 5.72. The Hall–Kier alpha value is -4.19. The molecule has 1 saturated carbocycles. The zero-order valence-electron chi connectivity index (χ0n) is 18.9. The second-order valence-electron chi connectivity index (χ2n) is 8.23. The summed E-state index contributed by atoms with van der Waals surface area (Å²) >= 11 is 0. The molecule has 0 radical (unpaired) electrons. The van der Waals surface area contributed by atoms with Crippen LogP contribution in [0.25, 0.3) is 0 Å². The standard InChI is InChI=1S/C25H24FN5O3/c1-15-16(2)31(13-17-3-6-19(26)7-4-17)24(21(15)11-27)30-23(32)14-34-25(33)18-5-10-22(28-12-18)29-20-8-9-20/h3-7,10,12,20H,8-9,13-14H2,1-2H3,(H,28,29)(H,30,32). The number of esters is 1. The van der Waals surface area contributed by atoms with Crippen LogP contribution in [0, 0.1) is 31.0 Å². The van der Waals surface area contributed by atoms with Gasteiger partial charge in [0.25, 0.3) is 5.91 Å². The van der Waals surface area contributed by atoms with E-state index in [1.165, 1.54) is 18.3 Å². The molecule has 1 aliphatic rings. The number of nitriles is 1. The van der Waals surface area contributed by atoms with Gasteiger partial charge in [-0.3, -0.25) is 4.79 Å². The van der Waals surface area contributed by atoms with E-state index in [1.807, 2.05) is 6.92 Å². The zero-order chi connectivity index (χ0) is 24.2. The molecule has 3 aromatic rings. The normalized spacial score (nSPS) is 12.6. The van der Waals surface area contributed by atoms with Crippen molar-refractivity contribution in [1.29, 1.82) is 5.26 Å². The Morgan fingerprint density at radius 3 is 2.56 bits per heavy atom. The van der Waals surface area contributed by atoms with Crippen molar-refractivity contribution in [2.45, 2.75) is 39.3 Å². The molecule has 9 heteroatoms. The number of aromatic nitrogens is 2. The molecular weight excluding hydrogens is 437 g/mol. The Balaban J connectivity index is 1.42. The molecule has 4 rings (SSSR count). The second kappa shape index (κ2) is 9.75. The number of rotatable bonds is 8. The first-order chi connectivity index (χ1) is 16.4. The Bertz CT molecular complexity index is 1260. The van der Waals surface area contributed by atoms with Crippen LogP contribution >= 0.6 is 0 Å². The molecule has 0 spiro atoms. The fourth-order valence-corrected chi connectivity index (χ4v) is 3.52. The van der Waals surface area contributed by atoms with Gasteiger partial charge in [0, 0.05) is 24.5 Å². The number of hydrogen-bond acceptors (Lipinski definition) is 6. The summed E-state index contributed by atoms with van der Waals surface area (Å²) in [6.45, 7) is 3.44. The summed E-state index contributed by atoms with van der Waals surface area (Å²) in [6, 6.07) is 11.8. The SMILES string of the molecule is Cc1c(C#N)c(NC(=O)COC(=O)c2ccc(NC3CC3)nc2)n(Cc2ccc(F)cc2)c1C. The molecular formula is C25H24FN5O3. The van der Waals surface area contributed by atoms with Crippen LogP contribution in [0.1, 0.15) is 45.6 Å². The number of amides is 1. The lowest BCUT2D eigenvalue weighted by Gasteiger charge is -2.13. The van der Waals surface area contributed by atoms with Crippen LogP contribution in [0.3, 0.4) is 0 Å². The maximum Gasteiger partial charge on any atom is 0.340 e. The van der Waals surface area contributed by atoms with Gasteiger partial charge < -0.3 is 19.9 Å². The van der Waals surface area contributed by atoms with Crippen molar-refractivity contribution < 1.29 is 18.7 Å². The highest BCUT2D eigenvalue weighted by Gasteiger charge is 2.22. The fourth-order valence-electron chi connectivity index (χ4n) is 3.52. The van der Waals surface area contributed by atoms with Crippen molar-refractivity contribution in [2.24, 2.45) is 0 Å². The summed E-state index contributed by atoms with van der Waals surface area (Å²) in [5.74, 6) is -0.604. The van der Waals surface area contributed by atoms with E-state index in [2.05, 4.69) is 21.7 Å². The summed E-state index contributed by atoms with van der Waals surface area (Å²) in [5, 5.41) is 15.6. The summed E-state index contributed by atoms with van der Waals surface area (Å²) in [4.78, 5) is 29.1. The molecule has 0 aliphatic heterocycles. The van der Waals surface area contributed by atoms with E-state index in [-0.39, 0.29) is 11.4 Å². The molecule has 174 valence electrons. The van der Waals surface area contributed by atoms with E-state index in [4.69, 9.17) is 4.74 Å². The van der Waals surface area contributed by atoms with Gasteiger partial charge in [0.15, 0.2) is 6.61 Å². The summed E-state index contributed by atoms with van der Waals surface area (Å²) < 4.78 is 20.2. The van der Waals surface area contributed by atoms with Crippen LogP contribution in [0.5, 0.6) is 0 Å². The number of pyridine rings is 1. The van der Waals surface area contributed by atoms with Gasteiger partial charge in [-0.2, -0.15) is 5.26 Å². The molecule has 0 saturated heterocycles. The van der Waals surface area contributed by atoms with Gasteiger partial charge in [0.2, 0.25) is 0 Å². The van der Waals surface area contributed by atoms with E-state index in [9.17, 15) is 19.2 Å². The number of halogens is 1. The highest BCUT2D eigenvalue weighted by molar-refractivity contribution is 5.96. The fraction of sp³-hybridized carbons (Fsp3) is 0.280. The van der Waals surface area contributed by atoms with E-state index in [0.717, 1.165) is 29.7 Å². The first-order valence-corrected chi connectivity index (χ1v) is 10.9. The maximum absolute atomic E-state index is 13.3. The molecule has 2 heterocycles. The molecule has 1 amide bonds. The van der Waals surface area contributed by atoms with Crippen molar-refractivity contribution in [2.75, 3.05) is 17.2 Å². The van der Waals surface area contributed by atoms with Gasteiger partial charge >= 0.3 is 5.97 Å². The molecule has 1 aliphatic carbocycles. The quantitative estimate of drug-likeness (QED) is 0.492.